The monoisotopic (exact) mass is 277 g/mol. The van der Waals surface area contributed by atoms with E-state index in [4.69, 9.17) is 15.2 Å². The third-order valence-electron chi connectivity index (χ3n) is 4.73. The molecule has 3 heteroatoms. The zero-order chi connectivity index (χ0) is 14.4. The van der Waals surface area contributed by atoms with Gasteiger partial charge in [-0.15, -0.1) is 0 Å². The Balaban J connectivity index is 1.81. The summed E-state index contributed by atoms with van der Waals surface area (Å²) >= 11 is 0. The second kappa shape index (κ2) is 6.98. The molecular formula is C17H27NO2. The number of benzene rings is 1. The number of ether oxygens (including phenoxy) is 2. The van der Waals surface area contributed by atoms with Gasteiger partial charge in [0, 0.05) is 0 Å². The van der Waals surface area contributed by atoms with Gasteiger partial charge in [-0.3, -0.25) is 0 Å². The van der Waals surface area contributed by atoms with Crippen LogP contribution in [0.1, 0.15) is 39.0 Å². The lowest BCUT2D eigenvalue weighted by Gasteiger charge is -2.38. The second-order valence-electron chi connectivity index (χ2n) is 6.16. The molecule has 1 aromatic carbocycles. The predicted molar refractivity (Wildman–Crippen MR) is 82.2 cm³/mol. The maximum atomic E-state index is 6.03. The van der Waals surface area contributed by atoms with Crippen molar-refractivity contribution in [2.24, 2.45) is 17.1 Å². The fourth-order valence-corrected chi connectivity index (χ4v) is 2.99. The van der Waals surface area contributed by atoms with E-state index >= 15 is 0 Å². The van der Waals surface area contributed by atoms with Crippen LogP contribution in [-0.2, 0) is 0 Å². The van der Waals surface area contributed by atoms with E-state index < -0.39 is 0 Å². The van der Waals surface area contributed by atoms with Crippen molar-refractivity contribution in [3.05, 3.63) is 24.3 Å². The molecule has 1 fully saturated rings. The zero-order valence-electron chi connectivity index (χ0n) is 12.7. The lowest BCUT2D eigenvalue weighted by atomic mass is 9.69. The summed E-state index contributed by atoms with van der Waals surface area (Å²) in [4.78, 5) is 0. The van der Waals surface area contributed by atoms with Crippen molar-refractivity contribution in [2.45, 2.75) is 39.0 Å². The van der Waals surface area contributed by atoms with Crippen LogP contribution in [0.4, 0.5) is 0 Å². The highest BCUT2D eigenvalue weighted by atomic mass is 16.5. The fraction of sp³-hybridized carbons (Fsp3) is 0.647. The van der Waals surface area contributed by atoms with E-state index in [1.165, 1.54) is 25.7 Å². The third kappa shape index (κ3) is 3.89. The Morgan fingerprint density at radius 2 is 1.75 bits per heavy atom. The van der Waals surface area contributed by atoms with Crippen molar-refractivity contribution in [2.75, 3.05) is 20.3 Å². The van der Waals surface area contributed by atoms with Crippen molar-refractivity contribution in [3.8, 4) is 11.5 Å². The summed E-state index contributed by atoms with van der Waals surface area (Å²) in [6, 6.07) is 7.76. The van der Waals surface area contributed by atoms with Crippen LogP contribution in [0.2, 0.25) is 0 Å². The van der Waals surface area contributed by atoms with Gasteiger partial charge in [0.25, 0.3) is 0 Å². The molecule has 20 heavy (non-hydrogen) atoms. The molecule has 1 saturated carbocycles. The van der Waals surface area contributed by atoms with Gasteiger partial charge < -0.3 is 15.2 Å². The smallest absolute Gasteiger partial charge is 0.119 e. The Morgan fingerprint density at radius 1 is 1.15 bits per heavy atom. The van der Waals surface area contributed by atoms with Crippen molar-refractivity contribution in [1.29, 1.82) is 0 Å². The minimum atomic E-state index is 0.305. The first-order valence-corrected chi connectivity index (χ1v) is 7.64. The molecule has 1 aliphatic carbocycles. The van der Waals surface area contributed by atoms with Gasteiger partial charge >= 0.3 is 0 Å². The largest absolute Gasteiger partial charge is 0.497 e. The summed E-state index contributed by atoms with van der Waals surface area (Å²) in [7, 11) is 1.67. The van der Waals surface area contributed by atoms with Crippen LogP contribution in [0, 0.1) is 11.3 Å². The minimum absolute atomic E-state index is 0.305. The van der Waals surface area contributed by atoms with Crippen LogP contribution in [0.5, 0.6) is 11.5 Å². The van der Waals surface area contributed by atoms with E-state index in [1.807, 2.05) is 24.3 Å². The molecule has 0 saturated heterocycles. The zero-order valence-corrected chi connectivity index (χ0v) is 12.7. The van der Waals surface area contributed by atoms with Crippen LogP contribution in [0.25, 0.3) is 0 Å². The molecule has 0 spiro atoms. The number of rotatable bonds is 6. The van der Waals surface area contributed by atoms with Crippen molar-refractivity contribution in [1.82, 2.24) is 0 Å². The Kier molecular flexibility index (Phi) is 5.30. The van der Waals surface area contributed by atoms with Crippen LogP contribution >= 0.6 is 0 Å². The van der Waals surface area contributed by atoms with Gasteiger partial charge in [-0.05, 0) is 61.4 Å². The van der Waals surface area contributed by atoms with Gasteiger partial charge in [-0.2, -0.15) is 0 Å². The number of nitrogens with two attached hydrogens (primary N) is 1. The van der Waals surface area contributed by atoms with Gasteiger partial charge in [0.2, 0.25) is 0 Å². The molecular weight excluding hydrogens is 250 g/mol. The summed E-state index contributed by atoms with van der Waals surface area (Å²) < 4.78 is 11.0. The molecule has 0 bridgehead atoms. The molecule has 3 nitrogen and oxygen atoms in total. The minimum Gasteiger partial charge on any atom is -0.497 e. The Labute approximate surface area is 122 Å². The van der Waals surface area contributed by atoms with Gasteiger partial charge in [-0.25, -0.2) is 0 Å². The Hall–Kier alpha value is -1.22. The SMILES string of the molecule is COc1ccc(OCCC2(CN)CCC(C)CC2)cc1. The summed E-state index contributed by atoms with van der Waals surface area (Å²) in [6.45, 7) is 3.87. The highest BCUT2D eigenvalue weighted by molar-refractivity contribution is 5.31. The summed E-state index contributed by atoms with van der Waals surface area (Å²) in [6.07, 6.45) is 6.16. The van der Waals surface area contributed by atoms with E-state index in [0.29, 0.717) is 5.41 Å². The summed E-state index contributed by atoms with van der Waals surface area (Å²) in [5.41, 5.74) is 6.33. The lowest BCUT2D eigenvalue weighted by molar-refractivity contribution is 0.123. The lowest BCUT2D eigenvalue weighted by Crippen LogP contribution is -2.35. The molecule has 0 aromatic heterocycles. The average Bonchev–Trinajstić information content (AvgIpc) is 2.50. The number of methoxy groups -OCH3 is 1. The molecule has 0 amide bonds. The van der Waals surface area contributed by atoms with Crippen LogP contribution in [0.15, 0.2) is 24.3 Å². The predicted octanol–water partition coefficient (Wildman–Crippen LogP) is 3.62. The van der Waals surface area contributed by atoms with Crippen molar-refractivity contribution in [3.63, 3.8) is 0 Å². The van der Waals surface area contributed by atoms with Gasteiger partial charge in [0.1, 0.15) is 11.5 Å². The molecule has 0 unspecified atom stereocenters. The van der Waals surface area contributed by atoms with Crippen molar-refractivity contribution < 1.29 is 9.47 Å². The fourth-order valence-electron chi connectivity index (χ4n) is 2.99. The first kappa shape index (κ1) is 15.2. The van der Waals surface area contributed by atoms with E-state index in [9.17, 15) is 0 Å². The molecule has 0 heterocycles. The van der Waals surface area contributed by atoms with Crippen LogP contribution < -0.4 is 15.2 Å². The first-order chi connectivity index (χ1) is 9.67. The maximum Gasteiger partial charge on any atom is 0.119 e. The Bertz CT molecular complexity index is 394. The first-order valence-electron chi connectivity index (χ1n) is 7.64. The van der Waals surface area contributed by atoms with Gasteiger partial charge in [0.15, 0.2) is 0 Å². The van der Waals surface area contributed by atoms with Crippen LogP contribution in [0.3, 0.4) is 0 Å². The topological polar surface area (TPSA) is 44.5 Å². The van der Waals surface area contributed by atoms with E-state index in [-0.39, 0.29) is 0 Å². The molecule has 0 atom stereocenters. The average molecular weight is 277 g/mol. The molecule has 1 aliphatic rings. The quantitative estimate of drug-likeness (QED) is 0.863. The number of hydrogen-bond acceptors (Lipinski definition) is 3. The van der Waals surface area contributed by atoms with E-state index in [0.717, 1.165) is 37.0 Å². The van der Waals surface area contributed by atoms with E-state index in [1.54, 1.807) is 7.11 Å². The molecule has 2 N–H and O–H groups in total. The van der Waals surface area contributed by atoms with Gasteiger partial charge in [-0.1, -0.05) is 19.8 Å². The maximum absolute atomic E-state index is 6.03. The second-order valence-corrected chi connectivity index (χ2v) is 6.16. The highest BCUT2D eigenvalue weighted by Gasteiger charge is 2.32. The van der Waals surface area contributed by atoms with Crippen molar-refractivity contribution >= 4 is 0 Å². The molecule has 112 valence electrons. The molecule has 1 aromatic rings. The summed E-state index contributed by atoms with van der Waals surface area (Å²) in [5, 5.41) is 0. The standard InChI is InChI=1S/C17H27NO2/c1-14-7-9-17(13-18,10-8-14)11-12-20-16-5-3-15(19-2)4-6-16/h3-6,14H,7-13,18H2,1-2H3. The highest BCUT2D eigenvalue weighted by Crippen LogP contribution is 2.40. The van der Waals surface area contributed by atoms with E-state index in [2.05, 4.69) is 6.92 Å². The van der Waals surface area contributed by atoms with Gasteiger partial charge in [0.05, 0.1) is 13.7 Å². The Morgan fingerprint density at radius 3 is 2.30 bits per heavy atom. The molecule has 0 radical (unpaired) electrons. The normalized spacial score (nSPS) is 26.2. The van der Waals surface area contributed by atoms with Crippen LogP contribution in [-0.4, -0.2) is 20.3 Å². The third-order valence-corrected chi connectivity index (χ3v) is 4.73. The molecule has 0 aliphatic heterocycles. The number of hydrogen-bond donors (Lipinski definition) is 1. The molecule has 2 rings (SSSR count). The summed E-state index contributed by atoms with van der Waals surface area (Å²) in [5.74, 6) is 2.62.